The average Bonchev–Trinajstić information content (AvgIpc) is 3.12. The van der Waals surface area contributed by atoms with Crippen LogP contribution in [0.5, 0.6) is 0 Å². The molecule has 0 amide bonds. The molecule has 3 heteroatoms. The van der Waals surface area contributed by atoms with Gasteiger partial charge in [-0.05, 0) is 38.6 Å². The van der Waals surface area contributed by atoms with E-state index in [1.165, 1.54) is 45.1 Å². The van der Waals surface area contributed by atoms with E-state index in [1.54, 1.807) is 0 Å². The molecule has 0 aliphatic heterocycles. The molecule has 0 heterocycles. The van der Waals surface area contributed by atoms with Gasteiger partial charge in [0.05, 0.1) is 11.6 Å². The molecular weight excluding hydrogens is 200 g/mol. The molecule has 0 aromatic carbocycles. The van der Waals surface area contributed by atoms with E-state index in [0.29, 0.717) is 6.10 Å². The van der Waals surface area contributed by atoms with Gasteiger partial charge in [0, 0.05) is 20.2 Å². The monoisotopic (exact) mass is 226 g/mol. The lowest BCUT2D eigenvalue weighted by atomic mass is 9.77. The van der Waals surface area contributed by atoms with Crippen LogP contribution in [0.15, 0.2) is 0 Å². The van der Waals surface area contributed by atoms with Crippen molar-refractivity contribution in [3.8, 4) is 0 Å². The van der Waals surface area contributed by atoms with Crippen LogP contribution < -0.4 is 5.73 Å². The van der Waals surface area contributed by atoms with Crippen LogP contribution in [0.1, 0.15) is 38.5 Å². The summed E-state index contributed by atoms with van der Waals surface area (Å²) in [5.41, 5.74) is 6.19. The summed E-state index contributed by atoms with van der Waals surface area (Å²) in [6.45, 7) is 1.94. The molecule has 0 aromatic rings. The minimum Gasteiger partial charge on any atom is -0.379 e. The highest BCUT2D eigenvalue weighted by Crippen LogP contribution is 2.37. The highest BCUT2D eigenvalue weighted by molar-refractivity contribution is 5.01. The Labute approximate surface area is 99.3 Å². The first-order chi connectivity index (χ1) is 7.73. The van der Waals surface area contributed by atoms with E-state index in [4.69, 9.17) is 10.5 Å². The van der Waals surface area contributed by atoms with E-state index >= 15 is 0 Å². The molecule has 2 fully saturated rings. The second kappa shape index (κ2) is 5.03. The maximum Gasteiger partial charge on any atom is 0.0767 e. The zero-order valence-corrected chi connectivity index (χ0v) is 10.7. The fourth-order valence-electron chi connectivity index (χ4n) is 3.22. The predicted octanol–water partition coefficient (Wildman–Crippen LogP) is 1.61. The van der Waals surface area contributed by atoms with Gasteiger partial charge in [-0.3, -0.25) is 4.90 Å². The van der Waals surface area contributed by atoms with E-state index in [2.05, 4.69) is 11.9 Å². The molecule has 0 aromatic heterocycles. The third kappa shape index (κ3) is 2.27. The number of ether oxygens (including phenoxy) is 1. The summed E-state index contributed by atoms with van der Waals surface area (Å²) >= 11 is 0. The largest absolute Gasteiger partial charge is 0.379 e. The summed E-state index contributed by atoms with van der Waals surface area (Å²) in [6.07, 6.45) is 8.10. The molecule has 0 radical (unpaired) electrons. The Morgan fingerprint density at radius 1 is 1.31 bits per heavy atom. The number of likely N-dealkylation sites (N-methyl/N-ethyl adjacent to an activating group) is 1. The van der Waals surface area contributed by atoms with Crippen molar-refractivity contribution in [3.05, 3.63) is 0 Å². The summed E-state index contributed by atoms with van der Waals surface area (Å²) in [7, 11) is 4.08. The minimum absolute atomic E-state index is 0.107. The quantitative estimate of drug-likeness (QED) is 0.774. The number of rotatable bonds is 5. The smallest absolute Gasteiger partial charge is 0.0767 e. The molecule has 2 atom stereocenters. The molecule has 2 aliphatic rings. The Morgan fingerprint density at radius 3 is 2.62 bits per heavy atom. The SMILES string of the molecule is COC1CCCCC1(CN)N(C)CC1CC1. The van der Waals surface area contributed by atoms with Gasteiger partial charge in [-0.2, -0.15) is 0 Å². The number of hydrogen-bond donors (Lipinski definition) is 1. The van der Waals surface area contributed by atoms with Crippen molar-refractivity contribution in [3.63, 3.8) is 0 Å². The highest BCUT2D eigenvalue weighted by Gasteiger charge is 2.44. The van der Waals surface area contributed by atoms with Crippen molar-refractivity contribution in [1.82, 2.24) is 4.90 Å². The van der Waals surface area contributed by atoms with Crippen LogP contribution in [-0.4, -0.2) is 43.8 Å². The van der Waals surface area contributed by atoms with Gasteiger partial charge in [0.25, 0.3) is 0 Å². The molecule has 2 N–H and O–H groups in total. The van der Waals surface area contributed by atoms with Crippen LogP contribution in [-0.2, 0) is 4.74 Å². The number of nitrogens with two attached hydrogens (primary N) is 1. The zero-order chi connectivity index (χ0) is 11.6. The van der Waals surface area contributed by atoms with E-state index < -0.39 is 0 Å². The fourth-order valence-corrected chi connectivity index (χ4v) is 3.22. The van der Waals surface area contributed by atoms with Gasteiger partial charge < -0.3 is 10.5 Å². The Bertz CT molecular complexity index is 230. The Morgan fingerprint density at radius 2 is 2.06 bits per heavy atom. The normalized spacial score (nSPS) is 35.6. The van der Waals surface area contributed by atoms with Gasteiger partial charge in [-0.15, -0.1) is 0 Å². The molecule has 2 aliphatic carbocycles. The van der Waals surface area contributed by atoms with Crippen LogP contribution in [0.4, 0.5) is 0 Å². The Balaban J connectivity index is 2.06. The van der Waals surface area contributed by atoms with Crippen LogP contribution in [0.3, 0.4) is 0 Å². The second-order valence-corrected chi connectivity index (χ2v) is 5.60. The average molecular weight is 226 g/mol. The predicted molar refractivity (Wildman–Crippen MR) is 66.4 cm³/mol. The van der Waals surface area contributed by atoms with Gasteiger partial charge in [0.15, 0.2) is 0 Å². The van der Waals surface area contributed by atoms with Crippen molar-refractivity contribution in [1.29, 1.82) is 0 Å². The topological polar surface area (TPSA) is 38.5 Å². The van der Waals surface area contributed by atoms with Crippen LogP contribution in [0, 0.1) is 5.92 Å². The lowest BCUT2D eigenvalue weighted by molar-refractivity contribution is -0.0669. The standard InChI is InChI=1S/C13H26N2O/c1-15(9-11-6-7-11)13(10-14)8-4-3-5-12(13)16-2/h11-12H,3-10,14H2,1-2H3. The van der Waals surface area contributed by atoms with Crippen LogP contribution >= 0.6 is 0 Å². The van der Waals surface area contributed by atoms with Crippen molar-refractivity contribution in [2.45, 2.75) is 50.2 Å². The Hall–Kier alpha value is -0.120. The minimum atomic E-state index is 0.107. The number of nitrogens with zero attached hydrogens (tertiary/aromatic N) is 1. The maximum atomic E-state index is 6.08. The molecule has 2 unspecified atom stereocenters. The van der Waals surface area contributed by atoms with Crippen molar-refractivity contribution < 1.29 is 4.74 Å². The van der Waals surface area contributed by atoms with Crippen molar-refractivity contribution in [2.75, 3.05) is 27.2 Å². The fraction of sp³-hybridized carbons (Fsp3) is 1.00. The van der Waals surface area contributed by atoms with Gasteiger partial charge in [0.2, 0.25) is 0 Å². The van der Waals surface area contributed by atoms with E-state index in [0.717, 1.165) is 12.5 Å². The molecule has 0 spiro atoms. The summed E-state index contributed by atoms with van der Waals surface area (Å²) in [5, 5.41) is 0. The van der Waals surface area contributed by atoms with E-state index in [-0.39, 0.29) is 5.54 Å². The molecule has 94 valence electrons. The third-order valence-electron chi connectivity index (χ3n) is 4.55. The molecule has 2 saturated carbocycles. The molecule has 3 nitrogen and oxygen atoms in total. The highest BCUT2D eigenvalue weighted by atomic mass is 16.5. The summed E-state index contributed by atoms with van der Waals surface area (Å²) in [4.78, 5) is 2.50. The van der Waals surface area contributed by atoms with Gasteiger partial charge in [-0.25, -0.2) is 0 Å². The summed E-state index contributed by atoms with van der Waals surface area (Å²) < 4.78 is 5.70. The maximum absolute atomic E-state index is 6.08. The molecule has 0 saturated heterocycles. The van der Waals surface area contributed by atoms with Crippen LogP contribution in [0.25, 0.3) is 0 Å². The van der Waals surface area contributed by atoms with Gasteiger partial charge in [0.1, 0.15) is 0 Å². The second-order valence-electron chi connectivity index (χ2n) is 5.60. The van der Waals surface area contributed by atoms with E-state index in [9.17, 15) is 0 Å². The lowest BCUT2D eigenvalue weighted by Gasteiger charge is -2.49. The van der Waals surface area contributed by atoms with Crippen LogP contribution in [0.2, 0.25) is 0 Å². The number of methoxy groups -OCH3 is 1. The van der Waals surface area contributed by atoms with Crippen molar-refractivity contribution in [2.24, 2.45) is 11.7 Å². The summed E-state index contributed by atoms with van der Waals surface area (Å²) in [6, 6.07) is 0. The first-order valence-corrected chi connectivity index (χ1v) is 6.67. The first kappa shape index (κ1) is 12.3. The summed E-state index contributed by atoms with van der Waals surface area (Å²) in [5.74, 6) is 0.924. The molecular formula is C13H26N2O. The first-order valence-electron chi connectivity index (χ1n) is 6.67. The van der Waals surface area contributed by atoms with Gasteiger partial charge in [-0.1, -0.05) is 12.8 Å². The van der Waals surface area contributed by atoms with E-state index in [1.807, 2.05) is 7.11 Å². The third-order valence-corrected chi connectivity index (χ3v) is 4.55. The molecule has 2 rings (SSSR count). The molecule has 16 heavy (non-hydrogen) atoms. The Kier molecular flexibility index (Phi) is 3.88. The van der Waals surface area contributed by atoms with Crippen molar-refractivity contribution >= 4 is 0 Å². The van der Waals surface area contributed by atoms with Gasteiger partial charge >= 0.3 is 0 Å². The molecule has 0 bridgehead atoms. The zero-order valence-electron chi connectivity index (χ0n) is 10.7. The lowest BCUT2D eigenvalue weighted by Crippen LogP contribution is -2.62. The number of hydrogen-bond acceptors (Lipinski definition) is 3.